The maximum absolute atomic E-state index is 13.0. The Morgan fingerprint density at radius 2 is 1.71 bits per heavy atom. The van der Waals surface area contributed by atoms with E-state index in [1.165, 1.54) is 20.3 Å². The average Bonchev–Trinajstić information content (AvgIpc) is 2.59. The first-order valence-corrected chi connectivity index (χ1v) is 8.25. The van der Waals surface area contributed by atoms with Crippen LogP contribution in [0.3, 0.4) is 0 Å². The number of nitrogens with zero attached hydrogens (tertiary/aromatic N) is 1. The molecular weight excluding hydrogens is 333 g/mol. The molecule has 0 aliphatic carbocycles. The summed E-state index contributed by atoms with van der Waals surface area (Å²) in [7, 11) is -1.11. The molecule has 0 aromatic heterocycles. The van der Waals surface area contributed by atoms with Gasteiger partial charge < -0.3 is 9.47 Å². The third kappa shape index (κ3) is 3.55. The van der Waals surface area contributed by atoms with E-state index in [2.05, 4.69) is 0 Å². The van der Waals surface area contributed by atoms with Crippen LogP contribution in [0.4, 0.5) is 4.39 Å². The molecule has 0 unspecified atom stereocenters. The highest BCUT2D eigenvalue weighted by molar-refractivity contribution is 7.95. The average molecular weight is 347 g/mol. The lowest BCUT2D eigenvalue weighted by atomic mass is 10.2. The number of allylic oxidation sites excluding steroid dienone is 1. The second kappa shape index (κ2) is 7.15. The molecule has 2 aromatic rings. The predicted molar refractivity (Wildman–Crippen MR) is 86.7 cm³/mol. The number of hydrogen-bond donors (Lipinski definition) is 0. The van der Waals surface area contributed by atoms with Crippen LogP contribution in [-0.2, 0) is 9.84 Å². The fourth-order valence-corrected chi connectivity index (χ4v) is 3.16. The van der Waals surface area contributed by atoms with Gasteiger partial charge in [0, 0.05) is 0 Å². The van der Waals surface area contributed by atoms with Crippen molar-refractivity contribution < 1.29 is 22.3 Å². The number of sulfone groups is 1. The molecule has 124 valence electrons. The van der Waals surface area contributed by atoms with Gasteiger partial charge in [-0.3, -0.25) is 0 Å². The van der Waals surface area contributed by atoms with Gasteiger partial charge in [0.15, 0.2) is 11.5 Å². The molecule has 0 N–H and O–H groups in total. The van der Waals surface area contributed by atoms with E-state index in [1.54, 1.807) is 24.3 Å². The van der Waals surface area contributed by atoms with Gasteiger partial charge in [-0.05, 0) is 48.0 Å². The van der Waals surface area contributed by atoms with Crippen LogP contribution in [0.5, 0.6) is 11.5 Å². The Morgan fingerprint density at radius 1 is 1.08 bits per heavy atom. The molecule has 0 bridgehead atoms. The van der Waals surface area contributed by atoms with E-state index in [0.717, 1.165) is 24.3 Å². The van der Waals surface area contributed by atoms with Crippen molar-refractivity contribution in [3.63, 3.8) is 0 Å². The van der Waals surface area contributed by atoms with Gasteiger partial charge in [0.1, 0.15) is 16.8 Å². The van der Waals surface area contributed by atoms with Gasteiger partial charge in [0.25, 0.3) is 0 Å². The minimum absolute atomic E-state index is 0.155. The summed E-state index contributed by atoms with van der Waals surface area (Å²) in [5.74, 6) is 0.327. The molecule has 2 rings (SSSR count). The lowest BCUT2D eigenvalue weighted by molar-refractivity contribution is 0.355. The van der Waals surface area contributed by atoms with E-state index in [1.807, 2.05) is 0 Å². The quantitative estimate of drug-likeness (QED) is 0.613. The molecule has 0 spiro atoms. The molecule has 7 heteroatoms. The van der Waals surface area contributed by atoms with Gasteiger partial charge in [-0.15, -0.1) is 0 Å². The number of nitriles is 1. The number of rotatable bonds is 5. The first-order chi connectivity index (χ1) is 11.4. The number of halogens is 1. The standard InChI is InChI=1S/C17H14FNO4S/c1-22-16-8-3-12(10-17(16)23-2)9-15(11-19)24(20,21)14-6-4-13(18)5-7-14/h3-10H,1-2H3/b15-9+. The molecule has 0 amide bonds. The van der Waals surface area contributed by atoms with E-state index in [-0.39, 0.29) is 4.90 Å². The van der Waals surface area contributed by atoms with E-state index >= 15 is 0 Å². The first kappa shape index (κ1) is 17.5. The van der Waals surface area contributed by atoms with Gasteiger partial charge in [-0.25, -0.2) is 12.8 Å². The van der Waals surface area contributed by atoms with Crippen molar-refractivity contribution in [1.29, 1.82) is 5.26 Å². The number of ether oxygens (including phenoxy) is 2. The molecule has 0 aliphatic rings. The summed E-state index contributed by atoms with van der Waals surface area (Å²) in [6, 6.07) is 10.7. The van der Waals surface area contributed by atoms with Gasteiger partial charge in [-0.2, -0.15) is 5.26 Å². The van der Waals surface area contributed by atoms with Gasteiger partial charge >= 0.3 is 0 Å². The lowest BCUT2D eigenvalue weighted by Crippen LogP contribution is -2.03. The zero-order valence-electron chi connectivity index (χ0n) is 13.0. The highest BCUT2D eigenvalue weighted by atomic mass is 32.2. The third-order valence-corrected chi connectivity index (χ3v) is 4.91. The summed E-state index contributed by atoms with van der Waals surface area (Å²) in [4.78, 5) is -0.612. The third-order valence-electron chi connectivity index (χ3n) is 3.23. The number of benzene rings is 2. The topological polar surface area (TPSA) is 76.4 Å². The van der Waals surface area contributed by atoms with E-state index in [0.29, 0.717) is 17.1 Å². The summed E-state index contributed by atoms with van der Waals surface area (Å²) in [5, 5.41) is 9.24. The molecule has 5 nitrogen and oxygen atoms in total. The normalized spacial score (nSPS) is 11.7. The Balaban J connectivity index is 2.49. The van der Waals surface area contributed by atoms with Crippen LogP contribution < -0.4 is 9.47 Å². The zero-order chi connectivity index (χ0) is 17.7. The number of methoxy groups -OCH3 is 2. The maximum atomic E-state index is 13.0. The Morgan fingerprint density at radius 3 is 2.25 bits per heavy atom. The fraction of sp³-hybridized carbons (Fsp3) is 0.118. The van der Waals surface area contributed by atoms with Crippen LogP contribution in [0.1, 0.15) is 5.56 Å². The molecule has 0 atom stereocenters. The molecule has 0 radical (unpaired) electrons. The van der Waals surface area contributed by atoms with Gasteiger partial charge in [0.2, 0.25) is 9.84 Å². The van der Waals surface area contributed by atoms with E-state index in [4.69, 9.17) is 9.47 Å². The van der Waals surface area contributed by atoms with Crippen LogP contribution in [0.2, 0.25) is 0 Å². The summed E-state index contributed by atoms with van der Waals surface area (Å²) < 4.78 is 48.2. The second-order valence-corrected chi connectivity index (χ2v) is 6.61. The first-order valence-electron chi connectivity index (χ1n) is 6.77. The summed E-state index contributed by atoms with van der Waals surface area (Å²) >= 11 is 0. The zero-order valence-corrected chi connectivity index (χ0v) is 13.8. The van der Waals surface area contributed by atoms with Crippen LogP contribution in [0, 0.1) is 17.1 Å². The molecule has 0 aliphatic heterocycles. The van der Waals surface area contributed by atoms with Crippen LogP contribution in [0.25, 0.3) is 6.08 Å². The predicted octanol–water partition coefficient (Wildman–Crippen LogP) is 3.18. The lowest BCUT2D eigenvalue weighted by Gasteiger charge is -2.08. The maximum Gasteiger partial charge on any atom is 0.216 e. The summed E-state index contributed by atoms with van der Waals surface area (Å²) in [5.41, 5.74) is 0.454. The van der Waals surface area contributed by atoms with Gasteiger partial charge in [0.05, 0.1) is 19.1 Å². The molecule has 0 saturated carbocycles. The smallest absolute Gasteiger partial charge is 0.216 e. The SMILES string of the molecule is COc1ccc(/C=C(\C#N)S(=O)(=O)c2ccc(F)cc2)cc1OC. The Labute approximate surface area is 139 Å². The van der Waals surface area contributed by atoms with Crippen LogP contribution >= 0.6 is 0 Å². The van der Waals surface area contributed by atoms with Crippen molar-refractivity contribution >= 4 is 15.9 Å². The molecular formula is C17H14FNO4S. The Hall–Kier alpha value is -2.85. The monoisotopic (exact) mass is 347 g/mol. The minimum atomic E-state index is -4.04. The largest absolute Gasteiger partial charge is 0.493 e. The van der Waals surface area contributed by atoms with Crippen molar-refractivity contribution in [2.24, 2.45) is 0 Å². The van der Waals surface area contributed by atoms with Crippen molar-refractivity contribution in [2.75, 3.05) is 14.2 Å². The Bertz CT molecular complexity index is 913. The molecule has 24 heavy (non-hydrogen) atoms. The second-order valence-electron chi connectivity index (χ2n) is 4.69. The Kier molecular flexibility index (Phi) is 5.21. The molecule has 0 heterocycles. The number of hydrogen-bond acceptors (Lipinski definition) is 5. The van der Waals surface area contributed by atoms with Crippen molar-refractivity contribution in [3.8, 4) is 17.6 Å². The molecule has 0 fully saturated rings. The van der Waals surface area contributed by atoms with Crippen molar-refractivity contribution in [3.05, 3.63) is 58.8 Å². The fourth-order valence-electron chi connectivity index (χ4n) is 2.00. The summed E-state index contributed by atoms with van der Waals surface area (Å²) in [6.07, 6.45) is 1.22. The highest BCUT2D eigenvalue weighted by Crippen LogP contribution is 2.29. The van der Waals surface area contributed by atoms with E-state index in [9.17, 15) is 18.1 Å². The minimum Gasteiger partial charge on any atom is -0.493 e. The van der Waals surface area contributed by atoms with Gasteiger partial charge in [-0.1, -0.05) is 6.07 Å². The van der Waals surface area contributed by atoms with Crippen LogP contribution in [-0.4, -0.2) is 22.6 Å². The van der Waals surface area contributed by atoms with Crippen molar-refractivity contribution in [2.45, 2.75) is 4.90 Å². The molecule has 2 aromatic carbocycles. The molecule has 0 saturated heterocycles. The summed E-state index contributed by atoms with van der Waals surface area (Å²) in [6.45, 7) is 0. The van der Waals surface area contributed by atoms with Crippen LogP contribution in [0.15, 0.2) is 52.3 Å². The highest BCUT2D eigenvalue weighted by Gasteiger charge is 2.21. The van der Waals surface area contributed by atoms with Crippen molar-refractivity contribution in [1.82, 2.24) is 0 Å². The van der Waals surface area contributed by atoms with E-state index < -0.39 is 20.6 Å².